The average molecular weight is 93.9 g/mol. The molecule has 0 amide bonds. The Morgan fingerprint density at radius 3 is 2.14 bits per heavy atom. The Bertz CT molecular complexity index is 126. The van der Waals surface area contributed by atoms with Gasteiger partial charge >= 0.3 is 7.62 Å². The molecule has 0 bridgehead atoms. The predicted molar refractivity (Wildman–Crippen MR) is 27.8 cm³/mol. The summed E-state index contributed by atoms with van der Waals surface area (Å²) >= 11 is 0. The van der Waals surface area contributed by atoms with Gasteiger partial charge in [0.05, 0.1) is 0 Å². The number of hydrogen-bond acceptors (Lipinski definition) is 1. The van der Waals surface area contributed by atoms with Crippen molar-refractivity contribution in [3.63, 3.8) is 0 Å². The van der Waals surface area contributed by atoms with Crippen molar-refractivity contribution in [2.24, 2.45) is 0 Å². The number of aromatic nitrogens is 1. The van der Waals surface area contributed by atoms with Crippen LogP contribution in [0.15, 0.2) is 24.5 Å². The third-order valence-electron chi connectivity index (χ3n) is 0.761. The van der Waals surface area contributed by atoms with Crippen LogP contribution in [0.2, 0.25) is 0 Å². The molecule has 0 aliphatic carbocycles. The van der Waals surface area contributed by atoms with Gasteiger partial charge in [-0.25, -0.2) is 0 Å². The molecule has 0 fully saturated rings. The summed E-state index contributed by atoms with van der Waals surface area (Å²) in [7, 11) is 1.00. The van der Waals surface area contributed by atoms with Gasteiger partial charge in [-0.05, 0) is 24.5 Å². The molecule has 0 unspecified atom stereocenters. The Hall–Kier alpha value is -0.695. The largest absolute Gasteiger partial charge is 0.440 e. The van der Waals surface area contributed by atoms with Gasteiger partial charge in [-0.1, -0.05) is 0 Å². The summed E-state index contributed by atoms with van der Waals surface area (Å²) < 4.78 is 1.56. The van der Waals surface area contributed by atoms with E-state index in [1.807, 2.05) is 12.1 Å². The SMILES string of the molecule is O[B]n1cccc1. The van der Waals surface area contributed by atoms with E-state index in [1.54, 1.807) is 16.9 Å². The molecule has 7 heavy (non-hydrogen) atoms. The summed E-state index contributed by atoms with van der Waals surface area (Å²) in [5.74, 6) is 0. The number of rotatable bonds is 1. The van der Waals surface area contributed by atoms with Crippen molar-refractivity contribution >= 4 is 7.62 Å². The van der Waals surface area contributed by atoms with Gasteiger partial charge in [-0.3, -0.25) is 0 Å². The third-order valence-corrected chi connectivity index (χ3v) is 0.761. The van der Waals surface area contributed by atoms with E-state index >= 15 is 0 Å². The highest BCUT2D eigenvalue weighted by Crippen LogP contribution is 1.82. The first kappa shape index (κ1) is 4.46. The zero-order valence-corrected chi connectivity index (χ0v) is 3.78. The van der Waals surface area contributed by atoms with Crippen molar-refractivity contribution in [2.75, 3.05) is 0 Å². The molecule has 2 nitrogen and oxygen atoms in total. The first-order valence-electron chi connectivity index (χ1n) is 2.03. The van der Waals surface area contributed by atoms with E-state index in [0.29, 0.717) is 0 Å². The minimum Gasteiger partial charge on any atom is -0.435 e. The van der Waals surface area contributed by atoms with Crippen molar-refractivity contribution in [3.05, 3.63) is 24.5 Å². The van der Waals surface area contributed by atoms with Crippen molar-refractivity contribution in [2.45, 2.75) is 0 Å². The Balaban J connectivity index is 2.76. The molecule has 0 atom stereocenters. The lowest BCUT2D eigenvalue weighted by molar-refractivity contribution is 0.589. The van der Waals surface area contributed by atoms with E-state index in [9.17, 15) is 0 Å². The lowest BCUT2D eigenvalue weighted by atomic mass is 10.3. The second-order valence-corrected chi connectivity index (χ2v) is 1.25. The topological polar surface area (TPSA) is 25.2 Å². The summed E-state index contributed by atoms with van der Waals surface area (Å²) in [6.45, 7) is 0. The quantitative estimate of drug-likeness (QED) is 0.481. The summed E-state index contributed by atoms with van der Waals surface area (Å²) in [4.78, 5) is 0. The molecule has 0 aromatic carbocycles. The molecule has 0 saturated heterocycles. The Morgan fingerprint density at radius 1 is 1.29 bits per heavy atom. The highest BCUT2D eigenvalue weighted by molar-refractivity contribution is 6.23. The van der Waals surface area contributed by atoms with Crippen LogP contribution in [-0.2, 0) is 0 Å². The molecule has 35 valence electrons. The third kappa shape index (κ3) is 0.840. The normalized spacial score (nSPS) is 8.71. The molecule has 0 spiro atoms. The molecule has 1 N–H and O–H groups in total. The van der Waals surface area contributed by atoms with E-state index in [0.717, 1.165) is 7.62 Å². The number of nitrogens with zero attached hydrogens (tertiary/aromatic N) is 1. The zero-order chi connectivity index (χ0) is 5.11. The van der Waals surface area contributed by atoms with Crippen molar-refractivity contribution in [1.82, 2.24) is 4.48 Å². The molecule has 1 radical (unpaired) electrons. The fourth-order valence-electron chi connectivity index (χ4n) is 0.425. The van der Waals surface area contributed by atoms with Gasteiger partial charge in [0.1, 0.15) is 0 Å². The summed E-state index contributed by atoms with van der Waals surface area (Å²) in [6, 6.07) is 3.68. The van der Waals surface area contributed by atoms with Crippen LogP contribution in [0.4, 0.5) is 0 Å². The summed E-state index contributed by atoms with van der Waals surface area (Å²) in [5.41, 5.74) is 0. The van der Waals surface area contributed by atoms with Crippen molar-refractivity contribution in [3.8, 4) is 0 Å². The van der Waals surface area contributed by atoms with Crippen LogP contribution >= 0.6 is 0 Å². The van der Waals surface area contributed by atoms with Crippen LogP contribution in [0.25, 0.3) is 0 Å². The maximum Gasteiger partial charge on any atom is 0.440 e. The fraction of sp³-hybridized carbons (Fsp3) is 0. The summed E-state index contributed by atoms with van der Waals surface area (Å²) in [6.07, 6.45) is 3.50. The van der Waals surface area contributed by atoms with Gasteiger partial charge in [0.25, 0.3) is 0 Å². The van der Waals surface area contributed by atoms with Crippen LogP contribution < -0.4 is 0 Å². The van der Waals surface area contributed by atoms with Gasteiger partial charge in [0, 0.05) is 0 Å². The zero-order valence-electron chi connectivity index (χ0n) is 3.78. The minimum atomic E-state index is 1.00. The van der Waals surface area contributed by atoms with Crippen LogP contribution in [0, 0.1) is 0 Å². The number of hydrogen-bond donors (Lipinski definition) is 1. The molecule has 0 aliphatic rings. The van der Waals surface area contributed by atoms with E-state index in [2.05, 4.69) is 0 Å². The van der Waals surface area contributed by atoms with Crippen LogP contribution in [-0.4, -0.2) is 17.1 Å². The Labute approximate surface area is 42.7 Å². The van der Waals surface area contributed by atoms with Crippen LogP contribution in [0.5, 0.6) is 0 Å². The van der Waals surface area contributed by atoms with Gasteiger partial charge in [0.2, 0.25) is 0 Å². The Kier molecular flexibility index (Phi) is 1.17. The molecule has 1 aromatic rings. The predicted octanol–water partition coefficient (Wildman–Crippen LogP) is -0.137. The highest BCUT2D eigenvalue weighted by Gasteiger charge is 1.82. The maximum absolute atomic E-state index is 8.26. The molecule has 0 saturated carbocycles. The van der Waals surface area contributed by atoms with E-state index in [-0.39, 0.29) is 0 Å². The van der Waals surface area contributed by atoms with Gasteiger partial charge < -0.3 is 9.50 Å². The lowest BCUT2D eigenvalue weighted by Gasteiger charge is -1.85. The van der Waals surface area contributed by atoms with E-state index in [1.165, 1.54) is 0 Å². The van der Waals surface area contributed by atoms with Gasteiger partial charge in [0.15, 0.2) is 0 Å². The maximum atomic E-state index is 8.26. The van der Waals surface area contributed by atoms with E-state index in [4.69, 9.17) is 5.02 Å². The van der Waals surface area contributed by atoms with Crippen LogP contribution in [0.3, 0.4) is 0 Å². The standard InChI is InChI=1S/C4H5BNO/c7-5-6-3-1-2-4-6/h1-4,7H. The van der Waals surface area contributed by atoms with Crippen molar-refractivity contribution in [1.29, 1.82) is 0 Å². The lowest BCUT2D eigenvalue weighted by Crippen LogP contribution is -1.99. The molecule has 1 rings (SSSR count). The smallest absolute Gasteiger partial charge is 0.435 e. The van der Waals surface area contributed by atoms with Crippen molar-refractivity contribution < 1.29 is 5.02 Å². The van der Waals surface area contributed by atoms with Gasteiger partial charge in [-0.15, -0.1) is 0 Å². The second kappa shape index (κ2) is 1.84. The van der Waals surface area contributed by atoms with Crippen LogP contribution in [0.1, 0.15) is 0 Å². The minimum absolute atomic E-state index is 1.00. The molecule has 1 heterocycles. The Morgan fingerprint density at radius 2 is 1.86 bits per heavy atom. The fourth-order valence-corrected chi connectivity index (χ4v) is 0.425. The second-order valence-electron chi connectivity index (χ2n) is 1.25. The first-order chi connectivity index (χ1) is 3.43. The molecule has 0 aliphatic heterocycles. The first-order valence-corrected chi connectivity index (χ1v) is 2.03. The van der Waals surface area contributed by atoms with Gasteiger partial charge in [-0.2, -0.15) is 0 Å². The average Bonchev–Trinajstić information content (AvgIpc) is 2.14. The molecule has 3 heteroatoms. The molecular weight excluding hydrogens is 88.9 g/mol. The summed E-state index contributed by atoms with van der Waals surface area (Å²) in [5, 5.41) is 8.26. The monoisotopic (exact) mass is 94.0 g/mol. The highest BCUT2D eigenvalue weighted by atomic mass is 16.2. The molecular formula is C4H5BNO. The van der Waals surface area contributed by atoms with E-state index < -0.39 is 0 Å². The molecule has 1 aromatic heterocycles.